The van der Waals surface area contributed by atoms with Crippen molar-refractivity contribution in [3.8, 4) is 0 Å². The third-order valence-electron chi connectivity index (χ3n) is 4.05. The summed E-state index contributed by atoms with van der Waals surface area (Å²) in [6.07, 6.45) is 3.02. The minimum absolute atomic E-state index is 0.0447. The number of ether oxygens (including phenoxy) is 1. The summed E-state index contributed by atoms with van der Waals surface area (Å²) in [5.41, 5.74) is 2.67. The predicted molar refractivity (Wildman–Crippen MR) is 94.0 cm³/mol. The predicted octanol–water partition coefficient (Wildman–Crippen LogP) is 2.81. The van der Waals surface area contributed by atoms with E-state index in [9.17, 15) is 4.79 Å². The number of hydrogen-bond acceptors (Lipinski definition) is 2. The van der Waals surface area contributed by atoms with Crippen molar-refractivity contribution < 1.29 is 9.53 Å². The maximum atomic E-state index is 11.1. The number of carbonyl (C=O) groups is 1. The summed E-state index contributed by atoms with van der Waals surface area (Å²) in [6, 6.07) is 21.2. The van der Waals surface area contributed by atoms with E-state index in [0.29, 0.717) is 6.61 Å². The summed E-state index contributed by atoms with van der Waals surface area (Å²) >= 11 is 0. The van der Waals surface area contributed by atoms with Gasteiger partial charge in [-0.2, -0.15) is 0 Å². The standard InChI is InChI=1S/C19H22O2Si/c1-2-18(20)21-15-9-14-19(22,16-10-5-3-6-11-16)17-12-7-4-8-13-17/h2-8,10-13H,1,9,14-15H2,22H3. The van der Waals surface area contributed by atoms with Crippen LogP contribution in [0.5, 0.6) is 0 Å². The molecule has 0 N–H and O–H groups in total. The van der Waals surface area contributed by atoms with Crippen LogP contribution in [0.25, 0.3) is 0 Å². The Labute approximate surface area is 135 Å². The van der Waals surface area contributed by atoms with Crippen LogP contribution >= 0.6 is 0 Å². The van der Waals surface area contributed by atoms with Crippen LogP contribution in [0.2, 0.25) is 0 Å². The van der Waals surface area contributed by atoms with Crippen LogP contribution < -0.4 is 0 Å². The van der Waals surface area contributed by atoms with Crippen molar-refractivity contribution in [3.05, 3.63) is 84.4 Å². The molecule has 0 radical (unpaired) electrons. The van der Waals surface area contributed by atoms with Crippen LogP contribution in [0, 0.1) is 0 Å². The normalized spacial score (nSPS) is 11.1. The van der Waals surface area contributed by atoms with E-state index in [4.69, 9.17) is 4.74 Å². The van der Waals surface area contributed by atoms with Gasteiger partial charge in [-0.3, -0.25) is 0 Å². The summed E-state index contributed by atoms with van der Waals surface area (Å²) in [6.45, 7) is 3.85. The van der Waals surface area contributed by atoms with Gasteiger partial charge in [0, 0.05) is 21.4 Å². The Kier molecular flexibility index (Phi) is 5.73. The molecular weight excluding hydrogens is 288 g/mol. The summed E-state index contributed by atoms with van der Waals surface area (Å²) < 4.78 is 5.12. The summed E-state index contributed by atoms with van der Waals surface area (Å²) in [7, 11) is 0.997. The van der Waals surface area contributed by atoms with E-state index in [1.807, 2.05) is 12.1 Å². The monoisotopic (exact) mass is 310 g/mol. The van der Waals surface area contributed by atoms with E-state index in [1.54, 1.807) is 0 Å². The largest absolute Gasteiger partial charge is 0.463 e. The Bertz CT molecular complexity index is 568. The summed E-state index contributed by atoms with van der Waals surface area (Å²) in [4.78, 5) is 11.1. The fourth-order valence-corrected chi connectivity index (χ4v) is 3.74. The first-order valence-corrected chi connectivity index (χ1v) is 8.57. The number of hydrogen-bond donors (Lipinski definition) is 0. The Morgan fingerprint density at radius 2 is 1.55 bits per heavy atom. The fourth-order valence-electron chi connectivity index (χ4n) is 2.72. The lowest BCUT2D eigenvalue weighted by Gasteiger charge is -2.31. The first-order chi connectivity index (χ1) is 10.7. The first kappa shape index (κ1) is 16.2. The van der Waals surface area contributed by atoms with Crippen LogP contribution in [0.4, 0.5) is 0 Å². The lowest BCUT2D eigenvalue weighted by atomic mass is 9.86. The highest BCUT2D eigenvalue weighted by Gasteiger charge is 2.28. The molecule has 0 aliphatic carbocycles. The summed E-state index contributed by atoms with van der Waals surface area (Å²) in [5, 5.41) is 0.0447. The zero-order valence-electron chi connectivity index (χ0n) is 13.0. The third-order valence-corrected chi connectivity index (χ3v) is 5.71. The van der Waals surface area contributed by atoms with Crippen LogP contribution in [-0.4, -0.2) is 22.8 Å². The third kappa shape index (κ3) is 3.95. The molecule has 22 heavy (non-hydrogen) atoms. The van der Waals surface area contributed by atoms with Gasteiger partial charge in [-0.05, 0) is 24.0 Å². The Balaban J connectivity index is 2.16. The molecule has 0 saturated carbocycles. The number of esters is 1. The molecule has 2 aromatic carbocycles. The average Bonchev–Trinajstić information content (AvgIpc) is 2.59. The SMILES string of the molecule is C=CC(=O)OCCCC([SiH3])(c1ccccc1)c1ccccc1. The second-order valence-electron chi connectivity index (χ2n) is 5.54. The molecule has 2 rings (SSSR count). The number of rotatable bonds is 7. The van der Waals surface area contributed by atoms with Crippen LogP contribution in [0.3, 0.4) is 0 Å². The second-order valence-corrected chi connectivity index (χ2v) is 7.25. The minimum Gasteiger partial charge on any atom is -0.463 e. The zero-order valence-corrected chi connectivity index (χ0v) is 15.0. The summed E-state index contributed by atoms with van der Waals surface area (Å²) in [5.74, 6) is -0.349. The van der Waals surface area contributed by atoms with Gasteiger partial charge >= 0.3 is 5.97 Å². The maximum absolute atomic E-state index is 11.1. The molecule has 0 unspecified atom stereocenters. The molecule has 0 bridgehead atoms. The number of benzene rings is 2. The topological polar surface area (TPSA) is 26.3 Å². The van der Waals surface area contributed by atoms with Gasteiger partial charge in [-0.1, -0.05) is 67.2 Å². The van der Waals surface area contributed by atoms with Crippen LogP contribution in [0.1, 0.15) is 24.0 Å². The smallest absolute Gasteiger partial charge is 0.330 e. The van der Waals surface area contributed by atoms with Crippen molar-refractivity contribution in [2.24, 2.45) is 0 Å². The van der Waals surface area contributed by atoms with E-state index in [-0.39, 0.29) is 11.0 Å². The maximum Gasteiger partial charge on any atom is 0.330 e. The van der Waals surface area contributed by atoms with E-state index in [1.165, 1.54) is 17.2 Å². The molecule has 0 amide bonds. The molecule has 0 aromatic heterocycles. The van der Waals surface area contributed by atoms with Gasteiger partial charge in [-0.25, -0.2) is 4.79 Å². The highest BCUT2D eigenvalue weighted by Crippen LogP contribution is 2.33. The van der Waals surface area contributed by atoms with Gasteiger partial charge in [0.25, 0.3) is 0 Å². The molecule has 2 nitrogen and oxygen atoms in total. The molecule has 0 atom stereocenters. The molecule has 2 aromatic rings. The lowest BCUT2D eigenvalue weighted by Crippen LogP contribution is -2.28. The van der Waals surface area contributed by atoms with Crippen molar-refractivity contribution in [1.29, 1.82) is 0 Å². The van der Waals surface area contributed by atoms with Gasteiger partial charge in [0.1, 0.15) is 0 Å². The molecule has 0 fully saturated rings. The molecule has 0 saturated heterocycles. The molecule has 0 aliphatic heterocycles. The lowest BCUT2D eigenvalue weighted by molar-refractivity contribution is -0.137. The van der Waals surface area contributed by atoms with Gasteiger partial charge in [0.2, 0.25) is 0 Å². The highest BCUT2D eigenvalue weighted by atomic mass is 28.1. The Hall–Kier alpha value is -2.13. The zero-order chi connectivity index (χ0) is 15.8. The van der Waals surface area contributed by atoms with Crippen molar-refractivity contribution in [2.75, 3.05) is 6.61 Å². The fraction of sp³-hybridized carbons (Fsp3) is 0.211. The Morgan fingerprint density at radius 3 is 2.00 bits per heavy atom. The number of carbonyl (C=O) groups excluding carboxylic acids is 1. The van der Waals surface area contributed by atoms with E-state index in [0.717, 1.165) is 23.1 Å². The molecule has 3 heteroatoms. The average molecular weight is 310 g/mol. The van der Waals surface area contributed by atoms with Crippen molar-refractivity contribution in [3.63, 3.8) is 0 Å². The molecule has 114 valence electrons. The van der Waals surface area contributed by atoms with E-state index in [2.05, 4.69) is 55.1 Å². The van der Waals surface area contributed by atoms with E-state index < -0.39 is 0 Å². The van der Waals surface area contributed by atoms with Gasteiger partial charge < -0.3 is 4.74 Å². The highest BCUT2D eigenvalue weighted by molar-refractivity contribution is 6.18. The van der Waals surface area contributed by atoms with Gasteiger partial charge in [0.05, 0.1) is 6.61 Å². The molecule has 0 spiro atoms. The van der Waals surface area contributed by atoms with Crippen LogP contribution in [0.15, 0.2) is 73.3 Å². The van der Waals surface area contributed by atoms with Crippen molar-refractivity contribution in [1.82, 2.24) is 0 Å². The van der Waals surface area contributed by atoms with E-state index >= 15 is 0 Å². The van der Waals surface area contributed by atoms with Crippen molar-refractivity contribution in [2.45, 2.75) is 17.9 Å². The molecule has 0 aliphatic rings. The van der Waals surface area contributed by atoms with Gasteiger partial charge in [-0.15, -0.1) is 0 Å². The van der Waals surface area contributed by atoms with Gasteiger partial charge in [0.15, 0.2) is 0 Å². The Morgan fingerprint density at radius 1 is 1.05 bits per heavy atom. The minimum atomic E-state index is -0.349. The molecular formula is C19H22O2Si. The van der Waals surface area contributed by atoms with Crippen LogP contribution in [-0.2, 0) is 14.6 Å². The quantitative estimate of drug-likeness (QED) is 0.340. The molecule has 0 heterocycles. The first-order valence-electron chi connectivity index (χ1n) is 7.57. The second kappa shape index (κ2) is 7.76. The van der Waals surface area contributed by atoms with Crippen molar-refractivity contribution >= 4 is 16.2 Å².